The van der Waals surface area contributed by atoms with E-state index >= 15 is 0 Å². The standard InChI is InChI=1S/C10H14N2O2S/c1-4-7(9(13)14-6(2)3)8-5-15-10(11)12-8/h4-6H,1-3H3,(H2,11,12)/b7-4-. The van der Waals surface area contributed by atoms with Crippen molar-refractivity contribution in [1.82, 2.24) is 4.98 Å². The SMILES string of the molecule is C/C=C(\C(=O)OC(C)C)c1csc(N)n1. The van der Waals surface area contributed by atoms with Crippen molar-refractivity contribution in [3.05, 3.63) is 17.2 Å². The Morgan fingerprint density at radius 1 is 1.67 bits per heavy atom. The third kappa shape index (κ3) is 3.06. The molecule has 1 heterocycles. The van der Waals surface area contributed by atoms with Gasteiger partial charge in [0.15, 0.2) is 5.13 Å². The van der Waals surface area contributed by atoms with E-state index in [4.69, 9.17) is 10.5 Å². The van der Waals surface area contributed by atoms with Crippen molar-refractivity contribution in [2.45, 2.75) is 26.9 Å². The predicted molar refractivity (Wildman–Crippen MR) is 61.4 cm³/mol. The molecule has 0 saturated carbocycles. The second-order valence-electron chi connectivity index (χ2n) is 3.23. The van der Waals surface area contributed by atoms with Gasteiger partial charge in [-0.1, -0.05) is 6.08 Å². The van der Waals surface area contributed by atoms with Crippen molar-refractivity contribution in [1.29, 1.82) is 0 Å². The van der Waals surface area contributed by atoms with Crippen LogP contribution in [-0.2, 0) is 9.53 Å². The molecule has 0 radical (unpaired) electrons. The number of thiazole rings is 1. The third-order valence-corrected chi connectivity index (χ3v) is 2.32. The van der Waals surface area contributed by atoms with Gasteiger partial charge in [0.2, 0.25) is 0 Å². The van der Waals surface area contributed by atoms with Crippen LogP contribution in [0.3, 0.4) is 0 Å². The molecule has 0 aliphatic heterocycles. The number of nitrogens with two attached hydrogens (primary N) is 1. The summed E-state index contributed by atoms with van der Waals surface area (Å²) in [5, 5.41) is 2.19. The monoisotopic (exact) mass is 226 g/mol. The van der Waals surface area contributed by atoms with E-state index in [9.17, 15) is 4.79 Å². The Hall–Kier alpha value is -1.36. The first-order chi connectivity index (χ1) is 7.04. The van der Waals surface area contributed by atoms with Gasteiger partial charge in [-0.05, 0) is 20.8 Å². The summed E-state index contributed by atoms with van der Waals surface area (Å²) in [4.78, 5) is 15.7. The van der Waals surface area contributed by atoms with Crippen molar-refractivity contribution < 1.29 is 9.53 Å². The van der Waals surface area contributed by atoms with Crippen LogP contribution in [0.5, 0.6) is 0 Å². The first kappa shape index (κ1) is 11.7. The molecule has 0 bridgehead atoms. The fourth-order valence-corrected chi connectivity index (χ4v) is 1.62. The highest BCUT2D eigenvalue weighted by molar-refractivity contribution is 7.13. The van der Waals surface area contributed by atoms with Crippen molar-refractivity contribution >= 4 is 28.0 Å². The number of hydrogen-bond donors (Lipinski definition) is 1. The molecule has 0 amide bonds. The minimum atomic E-state index is -0.363. The van der Waals surface area contributed by atoms with E-state index in [0.29, 0.717) is 16.4 Å². The maximum Gasteiger partial charge on any atom is 0.340 e. The number of nitrogens with zero attached hydrogens (tertiary/aromatic N) is 1. The first-order valence-electron chi connectivity index (χ1n) is 4.63. The van der Waals surface area contributed by atoms with E-state index in [2.05, 4.69) is 4.98 Å². The molecule has 82 valence electrons. The summed E-state index contributed by atoms with van der Waals surface area (Å²) < 4.78 is 5.08. The number of hydrogen-bond acceptors (Lipinski definition) is 5. The topological polar surface area (TPSA) is 65.2 Å². The van der Waals surface area contributed by atoms with Crippen LogP contribution >= 0.6 is 11.3 Å². The Kier molecular flexibility index (Phi) is 3.85. The summed E-state index contributed by atoms with van der Waals surface area (Å²) in [6, 6.07) is 0. The normalized spacial score (nSPS) is 11.9. The van der Waals surface area contributed by atoms with Crippen molar-refractivity contribution in [2.75, 3.05) is 5.73 Å². The molecule has 0 saturated heterocycles. The molecule has 5 heteroatoms. The maximum atomic E-state index is 11.6. The van der Waals surface area contributed by atoms with Crippen molar-refractivity contribution in [3.8, 4) is 0 Å². The molecule has 0 unspecified atom stereocenters. The number of nitrogen functional groups attached to an aromatic ring is 1. The molecule has 1 rings (SSSR count). The lowest BCUT2D eigenvalue weighted by Crippen LogP contribution is -2.13. The van der Waals surface area contributed by atoms with Crippen molar-refractivity contribution in [3.63, 3.8) is 0 Å². The summed E-state index contributed by atoms with van der Waals surface area (Å²) in [5.74, 6) is -0.363. The Bertz CT molecular complexity index is 383. The lowest BCUT2D eigenvalue weighted by atomic mass is 10.2. The zero-order valence-electron chi connectivity index (χ0n) is 8.98. The molecule has 0 atom stereocenters. The Labute approximate surface area is 92.8 Å². The zero-order valence-corrected chi connectivity index (χ0v) is 9.80. The quantitative estimate of drug-likeness (QED) is 0.633. The van der Waals surface area contributed by atoms with Crippen LogP contribution in [0.4, 0.5) is 5.13 Å². The van der Waals surface area contributed by atoms with E-state index in [1.807, 2.05) is 0 Å². The largest absolute Gasteiger partial charge is 0.459 e. The second-order valence-corrected chi connectivity index (χ2v) is 4.12. The van der Waals surface area contributed by atoms with Crippen LogP contribution in [0.25, 0.3) is 5.57 Å². The number of esters is 1. The minimum Gasteiger partial charge on any atom is -0.459 e. The number of allylic oxidation sites excluding steroid dienone is 1. The molecule has 1 aromatic rings. The van der Waals surface area contributed by atoms with Crippen molar-refractivity contribution in [2.24, 2.45) is 0 Å². The highest BCUT2D eigenvalue weighted by Crippen LogP contribution is 2.20. The highest BCUT2D eigenvalue weighted by atomic mass is 32.1. The third-order valence-electron chi connectivity index (χ3n) is 1.65. The van der Waals surface area contributed by atoms with Gasteiger partial charge in [0.1, 0.15) is 0 Å². The predicted octanol–water partition coefficient (Wildman–Crippen LogP) is 2.08. The van der Waals surface area contributed by atoms with Gasteiger partial charge >= 0.3 is 5.97 Å². The molecule has 1 aromatic heterocycles. The number of anilines is 1. The van der Waals surface area contributed by atoms with E-state index in [-0.39, 0.29) is 12.1 Å². The fourth-order valence-electron chi connectivity index (χ4n) is 1.06. The second kappa shape index (κ2) is 4.93. The number of rotatable bonds is 3. The number of aromatic nitrogens is 1. The van der Waals surface area contributed by atoms with Crippen LogP contribution in [-0.4, -0.2) is 17.1 Å². The zero-order chi connectivity index (χ0) is 11.4. The van der Waals surface area contributed by atoms with Gasteiger partial charge in [-0.25, -0.2) is 9.78 Å². The van der Waals surface area contributed by atoms with Crippen LogP contribution in [0.15, 0.2) is 11.5 Å². The highest BCUT2D eigenvalue weighted by Gasteiger charge is 2.16. The van der Waals surface area contributed by atoms with E-state index in [1.165, 1.54) is 11.3 Å². The van der Waals surface area contributed by atoms with Gasteiger partial charge in [-0.3, -0.25) is 0 Å². The fraction of sp³-hybridized carbons (Fsp3) is 0.400. The number of carbonyl (C=O) groups excluding carboxylic acids is 1. The maximum absolute atomic E-state index is 11.6. The molecule has 0 fully saturated rings. The molecule has 0 aliphatic carbocycles. The number of ether oxygens (including phenoxy) is 1. The van der Waals surface area contributed by atoms with Crippen LogP contribution in [0.1, 0.15) is 26.5 Å². The molecular weight excluding hydrogens is 212 g/mol. The summed E-state index contributed by atoms with van der Waals surface area (Å²) in [5.41, 5.74) is 6.53. The first-order valence-corrected chi connectivity index (χ1v) is 5.51. The van der Waals surface area contributed by atoms with E-state index < -0.39 is 0 Å². The molecule has 0 aromatic carbocycles. The lowest BCUT2D eigenvalue weighted by molar-refractivity contribution is -0.140. The summed E-state index contributed by atoms with van der Waals surface area (Å²) in [7, 11) is 0. The van der Waals surface area contributed by atoms with Crippen LogP contribution in [0.2, 0.25) is 0 Å². The number of carbonyl (C=O) groups is 1. The van der Waals surface area contributed by atoms with Gasteiger partial charge < -0.3 is 10.5 Å². The molecule has 0 aliphatic rings. The summed E-state index contributed by atoms with van der Waals surface area (Å²) in [6.45, 7) is 5.38. The average Bonchev–Trinajstić information content (AvgIpc) is 2.51. The molecule has 4 nitrogen and oxygen atoms in total. The smallest absolute Gasteiger partial charge is 0.340 e. The molecular formula is C10H14N2O2S. The van der Waals surface area contributed by atoms with Gasteiger partial charge in [-0.2, -0.15) is 0 Å². The van der Waals surface area contributed by atoms with Gasteiger partial charge in [-0.15, -0.1) is 11.3 Å². The lowest BCUT2D eigenvalue weighted by Gasteiger charge is -2.08. The Morgan fingerprint density at radius 3 is 2.73 bits per heavy atom. The minimum absolute atomic E-state index is 0.136. The van der Waals surface area contributed by atoms with E-state index in [1.54, 1.807) is 32.2 Å². The molecule has 15 heavy (non-hydrogen) atoms. The van der Waals surface area contributed by atoms with Crippen LogP contribution in [0, 0.1) is 0 Å². The van der Waals surface area contributed by atoms with Crippen LogP contribution < -0.4 is 5.73 Å². The van der Waals surface area contributed by atoms with Gasteiger partial charge in [0.05, 0.1) is 17.4 Å². The molecule has 0 spiro atoms. The summed E-state index contributed by atoms with van der Waals surface area (Å²) >= 11 is 1.30. The Balaban J connectivity index is 2.86. The van der Waals surface area contributed by atoms with Gasteiger partial charge in [0.25, 0.3) is 0 Å². The Morgan fingerprint density at radius 2 is 2.33 bits per heavy atom. The molecule has 2 N–H and O–H groups in total. The summed E-state index contributed by atoms with van der Waals surface area (Å²) in [6.07, 6.45) is 1.54. The van der Waals surface area contributed by atoms with Gasteiger partial charge in [0, 0.05) is 5.38 Å². The average molecular weight is 226 g/mol. The van der Waals surface area contributed by atoms with E-state index in [0.717, 1.165) is 0 Å².